The molecule has 346 valence electrons. The number of fused-ring (bicyclic) bond motifs is 15. The molecule has 16 rings (SSSR count). The molecule has 0 atom stereocenters. The molecular weight excluding hydrogens is 899 g/mol. The first-order chi connectivity index (χ1) is 36.5. The summed E-state index contributed by atoms with van der Waals surface area (Å²) >= 11 is 0. The Labute approximate surface area is 426 Å². The van der Waals surface area contributed by atoms with Crippen molar-refractivity contribution >= 4 is 87.1 Å². The molecule has 5 nitrogen and oxygen atoms in total. The molecule has 0 amide bonds. The fourth-order valence-corrected chi connectivity index (χ4v) is 13.0. The molecule has 0 spiro atoms. The summed E-state index contributed by atoms with van der Waals surface area (Å²) in [6.45, 7) is 4.68. The van der Waals surface area contributed by atoms with Crippen LogP contribution in [0.4, 0.5) is 0 Å². The molecule has 0 bridgehead atoms. The van der Waals surface area contributed by atoms with Gasteiger partial charge in [-0.2, -0.15) is 0 Å². The maximum atomic E-state index is 5.65. The molecule has 11 aromatic carbocycles. The van der Waals surface area contributed by atoms with E-state index in [9.17, 15) is 0 Å². The summed E-state index contributed by atoms with van der Waals surface area (Å²) in [4.78, 5) is 11.2. The highest BCUT2D eigenvalue weighted by Gasteiger charge is 2.38. The molecule has 1 aliphatic carbocycles. The lowest BCUT2D eigenvalue weighted by Gasteiger charge is -2.24. The zero-order chi connectivity index (χ0) is 48.8. The van der Waals surface area contributed by atoms with Crippen LogP contribution >= 0.6 is 0 Å². The Balaban J connectivity index is 0.944. The summed E-state index contributed by atoms with van der Waals surface area (Å²) in [6.07, 6.45) is 0. The van der Waals surface area contributed by atoms with Crippen LogP contribution in [0.15, 0.2) is 237 Å². The first-order valence-electron chi connectivity index (χ1n) is 25.6. The maximum absolute atomic E-state index is 5.65. The van der Waals surface area contributed by atoms with E-state index in [1.165, 1.54) is 76.6 Å². The number of benzene rings is 11. The summed E-state index contributed by atoms with van der Waals surface area (Å²) in [5.74, 6) is 0.735. The molecule has 0 saturated carbocycles. The smallest absolute Gasteiger partial charge is 0.160 e. The number of hydrogen-bond acceptors (Lipinski definition) is 2. The van der Waals surface area contributed by atoms with E-state index in [0.717, 1.165) is 72.4 Å². The van der Waals surface area contributed by atoms with Gasteiger partial charge in [0.2, 0.25) is 0 Å². The zero-order valence-corrected chi connectivity index (χ0v) is 40.8. The van der Waals surface area contributed by atoms with Crippen LogP contribution < -0.4 is 0 Å². The summed E-state index contributed by atoms with van der Waals surface area (Å²) in [5, 5.41) is 10.6. The minimum Gasteiger partial charge on any atom is -0.309 e. The number of para-hydroxylation sites is 4. The van der Waals surface area contributed by atoms with Gasteiger partial charge in [0.1, 0.15) is 0 Å². The average molecular weight is 944 g/mol. The quantitative estimate of drug-likeness (QED) is 0.161. The Bertz CT molecular complexity index is 4610. The van der Waals surface area contributed by atoms with Crippen LogP contribution in [0.3, 0.4) is 0 Å². The van der Waals surface area contributed by atoms with E-state index in [1.807, 2.05) is 0 Å². The van der Waals surface area contributed by atoms with Crippen molar-refractivity contribution in [2.45, 2.75) is 19.3 Å². The van der Waals surface area contributed by atoms with Crippen molar-refractivity contribution in [3.8, 4) is 50.8 Å². The highest BCUT2D eigenvalue weighted by molar-refractivity contribution is 6.15. The van der Waals surface area contributed by atoms with Crippen molar-refractivity contribution < 1.29 is 0 Å². The van der Waals surface area contributed by atoms with Crippen molar-refractivity contribution in [3.05, 3.63) is 248 Å². The first-order valence-corrected chi connectivity index (χ1v) is 25.6. The fourth-order valence-electron chi connectivity index (χ4n) is 13.0. The lowest BCUT2D eigenvalue weighted by Crippen LogP contribution is -2.16. The number of rotatable bonds is 5. The maximum Gasteiger partial charge on any atom is 0.160 e. The third kappa shape index (κ3) is 5.69. The number of aromatic nitrogens is 5. The van der Waals surface area contributed by atoms with E-state index in [2.05, 4.69) is 264 Å². The second-order valence-electron chi connectivity index (χ2n) is 20.5. The van der Waals surface area contributed by atoms with E-state index in [-0.39, 0.29) is 5.41 Å². The second-order valence-corrected chi connectivity index (χ2v) is 20.5. The van der Waals surface area contributed by atoms with Gasteiger partial charge in [-0.15, -0.1) is 0 Å². The van der Waals surface area contributed by atoms with Gasteiger partial charge in [0.25, 0.3) is 0 Å². The molecule has 4 aromatic heterocycles. The van der Waals surface area contributed by atoms with E-state index < -0.39 is 0 Å². The van der Waals surface area contributed by atoms with Crippen LogP contribution in [0.1, 0.15) is 25.0 Å². The fraction of sp³-hybridized carbons (Fsp3) is 0.0435. The van der Waals surface area contributed by atoms with Crippen molar-refractivity contribution in [2.75, 3.05) is 0 Å². The average Bonchev–Trinajstić information content (AvgIpc) is 4.17. The largest absolute Gasteiger partial charge is 0.309 e. The molecule has 0 saturated heterocycles. The lowest BCUT2D eigenvalue weighted by atomic mass is 9.80. The SMILES string of the molecule is CC1(C)c2ccccc2-c2cccc(-c3nc(-c4cccc(-n5c6ccc(-n7c8ccccc8c8ccccc87)cc6c6cc(-n7c8ccccc8c8ccccc87)ccc65)c4)c4ccc5ccccc5c4n3)c21. The monoisotopic (exact) mass is 943 g/mol. The Morgan fingerprint density at radius 3 is 1.41 bits per heavy atom. The van der Waals surface area contributed by atoms with Crippen molar-refractivity contribution in [3.63, 3.8) is 0 Å². The number of nitrogens with zero attached hydrogens (tertiary/aromatic N) is 5. The molecule has 0 N–H and O–H groups in total. The third-order valence-corrected chi connectivity index (χ3v) is 16.2. The predicted octanol–water partition coefficient (Wildman–Crippen LogP) is 17.7. The van der Waals surface area contributed by atoms with Gasteiger partial charge >= 0.3 is 0 Å². The Morgan fingerprint density at radius 2 is 0.797 bits per heavy atom. The molecule has 0 fully saturated rings. The third-order valence-electron chi connectivity index (χ3n) is 16.2. The molecule has 5 heteroatoms. The van der Waals surface area contributed by atoms with Crippen LogP contribution in [0, 0.1) is 0 Å². The van der Waals surface area contributed by atoms with Crippen LogP contribution in [0.5, 0.6) is 0 Å². The van der Waals surface area contributed by atoms with Crippen LogP contribution in [0.2, 0.25) is 0 Å². The molecule has 0 unspecified atom stereocenters. The van der Waals surface area contributed by atoms with Gasteiger partial charge in [-0.25, -0.2) is 9.97 Å². The van der Waals surface area contributed by atoms with Crippen LogP contribution in [-0.2, 0) is 5.41 Å². The van der Waals surface area contributed by atoms with Gasteiger partial charge in [0.05, 0.1) is 44.3 Å². The van der Waals surface area contributed by atoms with E-state index in [0.29, 0.717) is 0 Å². The molecule has 74 heavy (non-hydrogen) atoms. The van der Waals surface area contributed by atoms with Gasteiger partial charge in [-0.1, -0.05) is 172 Å². The van der Waals surface area contributed by atoms with Gasteiger partial charge in [0.15, 0.2) is 5.82 Å². The van der Waals surface area contributed by atoms with E-state index >= 15 is 0 Å². The second kappa shape index (κ2) is 15.2. The van der Waals surface area contributed by atoms with E-state index in [4.69, 9.17) is 9.97 Å². The minimum atomic E-state index is -0.237. The minimum absolute atomic E-state index is 0.237. The van der Waals surface area contributed by atoms with Crippen LogP contribution in [-0.4, -0.2) is 23.7 Å². The standard InChI is InChI=1S/C69H45N5/c1-69(2)58-28-10-5-21-48(58)53-26-16-27-54(65(53)69)68-70-66(55-36-33-42-17-3-4-20-47(42)67(55)71-68)43-18-15-19-44(39-43)72-63-37-34-45(73-59-29-11-6-22-49(59)50-23-7-12-30-60(50)73)40-56(63)57-41-46(35-38-64(57)72)74-61-31-13-8-24-51(61)52-25-9-14-32-62(52)74/h3-41H,1-2H3. The highest BCUT2D eigenvalue weighted by atomic mass is 15.0. The van der Waals surface area contributed by atoms with Gasteiger partial charge in [-0.05, 0) is 107 Å². The Morgan fingerprint density at radius 1 is 0.324 bits per heavy atom. The molecule has 0 aliphatic heterocycles. The van der Waals surface area contributed by atoms with Gasteiger partial charge in [-0.3, -0.25) is 0 Å². The molecular formula is C69H45N5. The van der Waals surface area contributed by atoms with Crippen molar-refractivity contribution in [1.29, 1.82) is 0 Å². The topological polar surface area (TPSA) is 40.6 Å². The van der Waals surface area contributed by atoms with Gasteiger partial charge in [0, 0.05) is 76.7 Å². The summed E-state index contributed by atoms with van der Waals surface area (Å²) in [6, 6.07) is 86.6. The Hall–Kier alpha value is -9.58. The van der Waals surface area contributed by atoms with Crippen molar-refractivity contribution in [2.24, 2.45) is 0 Å². The van der Waals surface area contributed by atoms with Gasteiger partial charge < -0.3 is 13.7 Å². The zero-order valence-electron chi connectivity index (χ0n) is 40.8. The summed E-state index contributed by atoms with van der Waals surface area (Å²) in [5.41, 5.74) is 19.2. The van der Waals surface area contributed by atoms with E-state index in [1.54, 1.807) is 0 Å². The lowest BCUT2D eigenvalue weighted by molar-refractivity contribution is 0.661. The molecule has 15 aromatic rings. The summed E-state index contributed by atoms with van der Waals surface area (Å²) < 4.78 is 7.30. The molecule has 4 heterocycles. The normalized spacial score (nSPS) is 13.1. The predicted molar refractivity (Wildman–Crippen MR) is 308 cm³/mol. The number of hydrogen-bond donors (Lipinski definition) is 0. The molecule has 0 radical (unpaired) electrons. The first kappa shape index (κ1) is 41.1. The highest BCUT2D eigenvalue weighted by Crippen LogP contribution is 2.52. The van der Waals surface area contributed by atoms with Crippen molar-refractivity contribution in [1.82, 2.24) is 23.7 Å². The summed E-state index contributed by atoms with van der Waals surface area (Å²) in [7, 11) is 0. The molecule has 1 aliphatic rings. The Kier molecular flexibility index (Phi) is 8.45. The van der Waals surface area contributed by atoms with Crippen LogP contribution in [0.25, 0.3) is 138 Å².